The number of allylic oxidation sites excluding steroid dienone is 1. The Hall–Kier alpha value is -2.51. The van der Waals surface area contributed by atoms with E-state index in [0.29, 0.717) is 0 Å². The van der Waals surface area contributed by atoms with Crippen LogP contribution in [0.25, 0.3) is 0 Å². The third-order valence-electron chi connectivity index (χ3n) is 3.48. The number of hydrogen-bond acceptors (Lipinski definition) is 2. The van der Waals surface area contributed by atoms with Gasteiger partial charge in [0, 0.05) is 19.8 Å². The normalized spacial score (nSPS) is 18.3. The molecule has 0 saturated carbocycles. The lowest BCUT2D eigenvalue weighted by atomic mass is 9.91. The van der Waals surface area contributed by atoms with E-state index in [2.05, 4.69) is 10.6 Å². The summed E-state index contributed by atoms with van der Waals surface area (Å²) in [4.78, 5) is 25.3. The lowest BCUT2D eigenvalue weighted by molar-refractivity contribution is -0.138. The van der Waals surface area contributed by atoms with Crippen molar-refractivity contribution in [2.45, 2.75) is 19.1 Å². The van der Waals surface area contributed by atoms with Gasteiger partial charge in [-0.2, -0.15) is 13.2 Å². The number of halogens is 3. The lowest BCUT2D eigenvalue weighted by Crippen LogP contribution is -2.47. The summed E-state index contributed by atoms with van der Waals surface area (Å²) in [5, 5.41) is 4.83. The minimum atomic E-state index is -4.59. The highest BCUT2D eigenvalue weighted by Gasteiger charge is 2.39. The fourth-order valence-corrected chi connectivity index (χ4v) is 2.46. The second-order valence-electron chi connectivity index (χ2n) is 5.35. The summed E-state index contributed by atoms with van der Waals surface area (Å²) in [5.74, 6) is -0.475. The fourth-order valence-electron chi connectivity index (χ4n) is 2.46. The van der Waals surface area contributed by atoms with Crippen molar-refractivity contribution in [2.24, 2.45) is 0 Å². The highest BCUT2D eigenvalue weighted by molar-refractivity contribution is 5.98. The summed E-state index contributed by atoms with van der Waals surface area (Å²) < 4.78 is 39.7. The molecule has 2 N–H and O–H groups in total. The summed E-state index contributed by atoms with van der Waals surface area (Å²) in [6.45, 7) is 1.48. The van der Waals surface area contributed by atoms with E-state index in [1.165, 1.54) is 44.1 Å². The summed E-state index contributed by atoms with van der Waals surface area (Å²) in [5.41, 5.74) is -0.746. The van der Waals surface area contributed by atoms with E-state index in [-0.39, 0.29) is 16.8 Å². The molecule has 0 unspecified atom stereocenters. The van der Waals surface area contributed by atoms with Gasteiger partial charge in [-0.25, -0.2) is 4.79 Å². The van der Waals surface area contributed by atoms with Crippen LogP contribution in [-0.4, -0.2) is 30.9 Å². The van der Waals surface area contributed by atoms with E-state index in [9.17, 15) is 22.8 Å². The highest BCUT2D eigenvalue weighted by Crippen LogP contribution is 2.38. The molecule has 5 nitrogen and oxygen atoms in total. The summed E-state index contributed by atoms with van der Waals surface area (Å²) >= 11 is 0. The maximum Gasteiger partial charge on any atom is 0.416 e. The van der Waals surface area contributed by atoms with Gasteiger partial charge in [-0.1, -0.05) is 18.2 Å². The third kappa shape index (κ3) is 3.30. The molecule has 23 heavy (non-hydrogen) atoms. The first kappa shape index (κ1) is 16.9. The summed E-state index contributed by atoms with van der Waals surface area (Å²) in [6.07, 6.45) is -4.59. The Labute approximate surface area is 131 Å². The van der Waals surface area contributed by atoms with E-state index < -0.39 is 29.7 Å². The van der Waals surface area contributed by atoms with Crippen LogP contribution in [0.5, 0.6) is 0 Å². The Morgan fingerprint density at radius 3 is 2.39 bits per heavy atom. The van der Waals surface area contributed by atoms with Crippen LogP contribution in [0.1, 0.15) is 24.1 Å². The highest BCUT2D eigenvalue weighted by atomic mass is 19.4. The Bertz CT molecular complexity index is 681. The number of hydrogen-bond donors (Lipinski definition) is 2. The molecule has 0 radical (unpaired) electrons. The molecule has 2 rings (SSSR count). The monoisotopic (exact) mass is 327 g/mol. The van der Waals surface area contributed by atoms with Crippen molar-refractivity contribution >= 4 is 11.9 Å². The van der Waals surface area contributed by atoms with Crippen molar-refractivity contribution in [3.63, 3.8) is 0 Å². The topological polar surface area (TPSA) is 61.4 Å². The molecule has 1 aromatic rings. The fraction of sp³-hybridized carbons (Fsp3) is 0.333. The van der Waals surface area contributed by atoms with E-state index in [1.54, 1.807) is 0 Å². The van der Waals surface area contributed by atoms with Crippen LogP contribution in [0.2, 0.25) is 0 Å². The number of nitrogens with zero attached hydrogens (tertiary/aromatic N) is 1. The second kappa shape index (κ2) is 5.94. The summed E-state index contributed by atoms with van der Waals surface area (Å²) in [7, 11) is 2.98. The van der Waals surface area contributed by atoms with Gasteiger partial charge in [0.25, 0.3) is 5.91 Å². The van der Waals surface area contributed by atoms with Gasteiger partial charge in [0.1, 0.15) is 0 Å². The summed E-state index contributed by atoms with van der Waals surface area (Å²) in [6, 6.07) is 3.06. The average Bonchev–Trinajstić information content (AvgIpc) is 2.44. The molecule has 1 heterocycles. The molecule has 0 fully saturated rings. The number of amides is 3. The van der Waals surface area contributed by atoms with Crippen LogP contribution in [0.15, 0.2) is 35.5 Å². The molecule has 0 spiro atoms. The lowest BCUT2D eigenvalue weighted by Gasteiger charge is -2.31. The zero-order valence-electron chi connectivity index (χ0n) is 12.8. The zero-order chi connectivity index (χ0) is 17.4. The maximum absolute atomic E-state index is 13.2. The Kier molecular flexibility index (Phi) is 4.35. The molecule has 8 heteroatoms. The molecule has 3 amide bonds. The average molecular weight is 327 g/mol. The van der Waals surface area contributed by atoms with Crippen LogP contribution in [0.3, 0.4) is 0 Å². The van der Waals surface area contributed by atoms with Crippen LogP contribution in [0, 0.1) is 0 Å². The van der Waals surface area contributed by atoms with Gasteiger partial charge in [0.2, 0.25) is 0 Å². The number of carbonyl (C=O) groups is 2. The molecule has 0 saturated heterocycles. The van der Waals surface area contributed by atoms with Gasteiger partial charge < -0.3 is 15.5 Å². The number of likely N-dealkylation sites (N-methyl/N-ethyl adjacent to an activating group) is 1. The van der Waals surface area contributed by atoms with Crippen molar-refractivity contribution in [3.8, 4) is 0 Å². The molecule has 1 atom stereocenters. The van der Waals surface area contributed by atoms with Gasteiger partial charge in [-0.3, -0.25) is 4.79 Å². The van der Waals surface area contributed by atoms with E-state index in [4.69, 9.17) is 0 Å². The third-order valence-corrected chi connectivity index (χ3v) is 3.48. The van der Waals surface area contributed by atoms with Crippen molar-refractivity contribution in [1.82, 2.24) is 15.5 Å². The molecule has 0 aromatic heterocycles. The first-order chi connectivity index (χ1) is 10.6. The van der Waals surface area contributed by atoms with E-state index in [1.807, 2.05) is 0 Å². The van der Waals surface area contributed by atoms with Gasteiger partial charge in [-0.15, -0.1) is 0 Å². The number of nitrogens with one attached hydrogen (secondary N) is 2. The first-order valence-corrected chi connectivity index (χ1v) is 6.79. The quantitative estimate of drug-likeness (QED) is 0.876. The predicted octanol–water partition coefficient (Wildman–Crippen LogP) is 2.42. The van der Waals surface area contributed by atoms with Gasteiger partial charge >= 0.3 is 12.2 Å². The van der Waals surface area contributed by atoms with E-state index in [0.717, 1.165) is 6.07 Å². The second-order valence-corrected chi connectivity index (χ2v) is 5.35. The molecule has 1 aliphatic rings. The molecule has 1 aromatic carbocycles. The van der Waals surface area contributed by atoms with Crippen LogP contribution >= 0.6 is 0 Å². The largest absolute Gasteiger partial charge is 0.416 e. The van der Waals surface area contributed by atoms with Crippen molar-refractivity contribution in [3.05, 3.63) is 46.7 Å². The number of rotatable bonds is 2. The zero-order valence-corrected chi connectivity index (χ0v) is 12.8. The molecule has 1 aliphatic heterocycles. The standard InChI is InChI=1S/C15H16F3N3O2/c1-8-11(13(22)21(2)3)12(20-14(23)19-8)9-6-4-5-7-10(9)15(16,17)18/h4-7,12H,1-3H3,(H2,19,20,23)/t12-/m1/s1. The van der Waals surface area contributed by atoms with Crippen LogP contribution in [0.4, 0.5) is 18.0 Å². The maximum atomic E-state index is 13.2. The molecule has 0 bridgehead atoms. The molecular weight excluding hydrogens is 311 g/mol. The number of carbonyl (C=O) groups excluding carboxylic acids is 2. The molecule has 124 valence electrons. The minimum absolute atomic E-state index is 0.0753. The van der Waals surface area contributed by atoms with E-state index >= 15 is 0 Å². The first-order valence-electron chi connectivity index (χ1n) is 6.79. The number of benzene rings is 1. The SMILES string of the molecule is CC1=C(C(=O)N(C)C)[C@@H](c2ccccc2C(F)(F)F)NC(=O)N1. The smallest absolute Gasteiger partial charge is 0.345 e. The predicted molar refractivity (Wildman–Crippen MR) is 77.2 cm³/mol. The molecule has 0 aliphatic carbocycles. The minimum Gasteiger partial charge on any atom is -0.345 e. The van der Waals surface area contributed by atoms with Crippen LogP contribution in [-0.2, 0) is 11.0 Å². The number of alkyl halides is 3. The van der Waals surface area contributed by atoms with Crippen molar-refractivity contribution in [2.75, 3.05) is 14.1 Å². The van der Waals surface area contributed by atoms with Crippen LogP contribution < -0.4 is 10.6 Å². The Balaban J connectivity index is 2.63. The van der Waals surface area contributed by atoms with Gasteiger partial charge in [0.05, 0.1) is 17.2 Å². The van der Waals surface area contributed by atoms with Crippen molar-refractivity contribution < 1.29 is 22.8 Å². The van der Waals surface area contributed by atoms with Gasteiger partial charge in [-0.05, 0) is 18.6 Å². The molecular formula is C15H16F3N3O2. The van der Waals surface area contributed by atoms with Crippen molar-refractivity contribution in [1.29, 1.82) is 0 Å². The Morgan fingerprint density at radius 2 is 1.83 bits per heavy atom. The number of urea groups is 1. The Morgan fingerprint density at radius 1 is 1.22 bits per heavy atom. The van der Waals surface area contributed by atoms with Gasteiger partial charge in [0.15, 0.2) is 0 Å².